The summed E-state index contributed by atoms with van der Waals surface area (Å²) >= 11 is 3.44. The normalized spacial score (nSPS) is 24.3. The molecule has 1 aromatic carbocycles. The first-order chi connectivity index (χ1) is 9.10. The summed E-state index contributed by atoms with van der Waals surface area (Å²) in [7, 11) is 3.17. The third kappa shape index (κ3) is 2.73. The number of hydrogen-bond acceptors (Lipinski definition) is 4. The maximum Gasteiger partial charge on any atom is 0.142 e. The van der Waals surface area contributed by atoms with Crippen LogP contribution < -0.4 is 9.47 Å². The maximum atomic E-state index is 10.5. The molecule has 1 heterocycles. The van der Waals surface area contributed by atoms with E-state index in [0.717, 1.165) is 6.42 Å². The fourth-order valence-corrected chi connectivity index (χ4v) is 3.13. The lowest BCUT2D eigenvalue weighted by atomic mass is 9.94. The fraction of sp³-hybridized carbons (Fsp3) is 0.571. The van der Waals surface area contributed by atoms with Gasteiger partial charge in [-0.1, -0.05) is 6.92 Å². The molecule has 1 aliphatic heterocycles. The van der Waals surface area contributed by atoms with Crippen LogP contribution in [-0.2, 0) is 4.74 Å². The first kappa shape index (κ1) is 14.6. The average molecular weight is 331 g/mol. The van der Waals surface area contributed by atoms with Gasteiger partial charge in [-0.3, -0.25) is 0 Å². The van der Waals surface area contributed by atoms with Crippen LogP contribution in [0.5, 0.6) is 11.5 Å². The van der Waals surface area contributed by atoms with E-state index in [2.05, 4.69) is 22.9 Å². The number of rotatable bonds is 4. The smallest absolute Gasteiger partial charge is 0.142 e. The van der Waals surface area contributed by atoms with Crippen LogP contribution in [0.3, 0.4) is 0 Å². The number of benzene rings is 1. The molecule has 1 fully saturated rings. The molecule has 106 valence electrons. The van der Waals surface area contributed by atoms with E-state index in [-0.39, 0.29) is 6.10 Å². The Labute approximate surface area is 121 Å². The number of aliphatic hydroxyl groups is 1. The molecule has 2 rings (SSSR count). The molecule has 0 radical (unpaired) electrons. The second-order valence-electron chi connectivity index (χ2n) is 4.75. The molecule has 0 aliphatic carbocycles. The molecule has 3 unspecified atom stereocenters. The third-order valence-corrected chi connectivity index (χ3v) is 4.34. The Morgan fingerprint density at radius 2 is 2.11 bits per heavy atom. The van der Waals surface area contributed by atoms with Crippen LogP contribution in [-0.4, -0.2) is 32.0 Å². The van der Waals surface area contributed by atoms with E-state index in [9.17, 15) is 5.11 Å². The molecule has 1 aliphatic rings. The summed E-state index contributed by atoms with van der Waals surface area (Å²) in [5.74, 6) is 1.60. The van der Waals surface area contributed by atoms with Gasteiger partial charge in [0.15, 0.2) is 0 Å². The second kappa shape index (κ2) is 6.11. The fourth-order valence-electron chi connectivity index (χ4n) is 2.45. The Bertz CT molecular complexity index is 449. The van der Waals surface area contributed by atoms with Crippen molar-refractivity contribution in [1.29, 1.82) is 0 Å². The largest absolute Gasteiger partial charge is 0.495 e. The van der Waals surface area contributed by atoms with Crippen LogP contribution in [0.15, 0.2) is 16.6 Å². The number of ether oxygens (including phenoxy) is 3. The van der Waals surface area contributed by atoms with E-state index in [1.54, 1.807) is 14.2 Å². The van der Waals surface area contributed by atoms with E-state index < -0.39 is 6.10 Å². The van der Waals surface area contributed by atoms with E-state index in [1.165, 1.54) is 0 Å². The van der Waals surface area contributed by atoms with Crippen LogP contribution in [0, 0.1) is 5.92 Å². The molecule has 1 N–H and O–H groups in total. The highest BCUT2D eigenvalue weighted by atomic mass is 79.9. The van der Waals surface area contributed by atoms with Gasteiger partial charge in [0, 0.05) is 12.2 Å². The molecular weight excluding hydrogens is 312 g/mol. The van der Waals surface area contributed by atoms with Crippen LogP contribution in [0.4, 0.5) is 0 Å². The average Bonchev–Trinajstić information content (AvgIpc) is 2.83. The molecule has 19 heavy (non-hydrogen) atoms. The third-order valence-electron chi connectivity index (χ3n) is 3.59. The van der Waals surface area contributed by atoms with E-state index >= 15 is 0 Å². The highest BCUT2D eigenvalue weighted by Crippen LogP contribution is 2.42. The molecule has 4 nitrogen and oxygen atoms in total. The molecular formula is C14H19BrO4. The number of methoxy groups -OCH3 is 2. The van der Waals surface area contributed by atoms with Gasteiger partial charge in [-0.15, -0.1) is 0 Å². The minimum absolute atomic E-state index is 0.186. The van der Waals surface area contributed by atoms with Gasteiger partial charge in [0.25, 0.3) is 0 Å². The van der Waals surface area contributed by atoms with Gasteiger partial charge >= 0.3 is 0 Å². The van der Waals surface area contributed by atoms with E-state index in [1.807, 2.05) is 12.1 Å². The second-order valence-corrected chi connectivity index (χ2v) is 5.54. The Kier molecular flexibility index (Phi) is 4.71. The van der Waals surface area contributed by atoms with Crippen LogP contribution in [0.2, 0.25) is 0 Å². The lowest BCUT2D eigenvalue weighted by Gasteiger charge is -2.24. The van der Waals surface area contributed by atoms with Crippen molar-refractivity contribution in [1.82, 2.24) is 0 Å². The van der Waals surface area contributed by atoms with Gasteiger partial charge in [0.1, 0.15) is 22.1 Å². The van der Waals surface area contributed by atoms with Gasteiger partial charge in [-0.25, -0.2) is 0 Å². The van der Waals surface area contributed by atoms with Gasteiger partial charge in [0.2, 0.25) is 0 Å². The van der Waals surface area contributed by atoms with Crippen molar-refractivity contribution in [3.05, 3.63) is 22.2 Å². The number of halogens is 1. The predicted molar refractivity (Wildman–Crippen MR) is 75.7 cm³/mol. The minimum Gasteiger partial charge on any atom is -0.495 e. The highest BCUT2D eigenvalue weighted by Gasteiger charge is 2.34. The Morgan fingerprint density at radius 3 is 2.63 bits per heavy atom. The van der Waals surface area contributed by atoms with E-state index in [0.29, 0.717) is 34.1 Å². The quantitative estimate of drug-likeness (QED) is 0.922. The monoisotopic (exact) mass is 330 g/mol. The van der Waals surface area contributed by atoms with Gasteiger partial charge in [-0.2, -0.15) is 0 Å². The Balaban J connectivity index is 2.36. The Morgan fingerprint density at radius 1 is 1.37 bits per heavy atom. The SMILES string of the molecule is COc1ccc(C(O)C2OCCC2C)c(OC)c1Br. The van der Waals surface area contributed by atoms with Crippen molar-refractivity contribution >= 4 is 15.9 Å². The van der Waals surface area contributed by atoms with Crippen molar-refractivity contribution in [3.63, 3.8) is 0 Å². The number of hydrogen-bond donors (Lipinski definition) is 1. The first-order valence-corrected chi connectivity index (χ1v) is 7.09. The summed E-state index contributed by atoms with van der Waals surface area (Å²) in [5, 5.41) is 10.5. The van der Waals surface area contributed by atoms with Crippen molar-refractivity contribution < 1.29 is 19.3 Å². The van der Waals surface area contributed by atoms with Crippen molar-refractivity contribution in [2.75, 3.05) is 20.8 Å². The van der Waals surface area contributed by atoms with Gasteiger partial charge in [-0.05, 0) is 40.4 Å². The lowest BCUT2D eigenvalue weighted by Crippen LogP contribution is -2.23. The van der Waals surface area contributed by atoms with Crippen LogP contribution >= 0.6 is 15.9 Å². The molecule has 1 saturated heterocycles. The zero-order valence-corrected chi connectivity index (χ0v) is 12.9. The van der Waals surface area contributed by atoms with Gasteiger partial charge in [0.05, 0.1) is 20.3 Å². The number of aliphatic hydroxyl groups excluding tert-OH is 1. The van der Waals surface area contributed by atoms with Crippen LogP contribution in [0.25, 0.3) is 0 Å². The summed E-state index contributed by atoms with van der Waals surface area (Å²) in [6, 6.07) is 3.63. The molecule has 0 bridgehead atoms. The topological polar surface area (TPSA) is 47.9 Å². The molecule has 5 heteroatoms. The van der Waals surface area contributed by atoms with Crippen molar-refractivity contribution in [2.45, 2.75) is 25.6 Å². The summed E-state index contributed by atoms with van der Waals surface area (Å²) in [5.41, 5.74) is 0.717. The van der Waals surface area contributed by atoms with E-state index in [4.69, 9.17) is 14.2 Å². The highest BCUT2D eigenvalue weighted by molar-refractivity contribution is 9.10. The van der Waals surface area contributed by atoms with Crippen molar-refractivity contribution in [2.24, 2.45) is 5.92 Å². The molecule has 0 spiro atoms. The molecule has 1 aromatic rings. The summed E-state index contributed by atoms with van der Waals surface area (Å²) in [4.78, 5) is 0. The van der Waals surface area contributed by atoms with Crippen molar-refractivity contribution in [3.8, 4) is 11.5 Å². The zero-order valence-electron chi connectivity index (χ0n) is 11.4. The zero-order chi connectivity index (χ0) is 14.0. The predicted octanol–water partition coefficient (Wildman–Crippen LogP) is 2.92. The minimum atomic E-state index is -0.699. The summed E-state index contributed by atoms with van der Waals surface area (Å²) in [6.45, 7) is 2.79. The Hall–Kier alpha value is -0.780. The molecule has 0 aromatic heterocycles. The lowest BCUT2D eigenvalue weighted by molar-refractivity contribution is -0.0188. The molecule has 3 atom stereocenters. The van der Waals surface area contributed by atoms with Crippen LogP contribution in [0.1, 0.15) is 25.0 Å². The molecule has 0 saturated carbocycles. The standard InChI is InChI=1S/C14H19BrO4/c1-8-6-7-19-13(8)12(16)9-4-5-10(17-2)11(15)14(9)18-3/h4-5,8,12-13,16H,6-7H2,1-3H3. The summed E-state index contributed by atoms with van der Waals surface area (Å²) in [6.07, 6.45) is 0.0883. The maximum absolute atomic E-state index is 10.5. The first-order valence-electron chi connectivity index (χ1n) is 6.30. The van der Waals surface area contributed by atoms with Gasteiger partial charge < -0.3 is 19.3 Å². The molecule has 0 amide bonds. The summed E-state index contributed by atoms with van der Waals surface area (Å²) < 4.78 is 17.0.